The molecule has 0 atom stereocenters. The van der Waals surface area contributed by atoms with E-state index in [1.165, 1.54) is 0 Å². The topological polar surface area (TPSA) is 9.23 Å². The third-order valence-electron chi connectivity index (χ3n) is 0.475. The fourth-order valence-corrected chi connectivity index (χ4v) is 0.465. The number of thioether (sulfide) groups is 1. The monoisotopic (exact) mass is 130 g/mol. The Bertz CT molecular complexity index is 80.4. The van der Waals surface area contributed by atoms with Gasteiger partial charge in [0.1, 0.15) is 6.11 Å². The van der Waals surface area contributed by atoms with Crippen molar-refractivity contribution in [1.29, 1.82) is 0 Å². The summed E-state index contributed by atoms with van der Waals surface area (Å²) in [6.07, 6.45) is 2.55. The average molecular weight is 130 g/mol. The smallest absolute Gasteiger partial charge is 0.122 e. The third kappa shape index (κ3) is 5.71. The van der Waals surface area contributed by atoms with Crippen LogP contribution in [0.5, 0.6) is 0 Å². The lowest BCUT2D eigenvalue weighted by atomic mass is 10.9. The maximum atomic E-state index is 4.75. The normalized spacial score (nSPS) is 7.25. The van der Waals surface area contributed by atoms with E-state index >= 15 is 0 Å². The van der Waals surface area contributed by atoms with Gasteiger partial charge in [-0.25, -0.2) is 0 Å². The van der Waals surface area contributed by atoms with Crippen LogP contribution >= 0.6 is 11.8 Å². The molecule has 0 aromatic rings. The van der Waals surface area contributed by atoms with Crippen molar-refractivity contribution >= 4 is 11.8 Å². The predicted molar refractivity (Wildman–Crippen MR) is 37.5 cm³/mol. The lowest BCUT2D eigenvalue weighted by molar-refractivity contribution is 0.299. The maximum Gasteiger partial charge on any atom is 0.122 e. The van der Waals surface area contributed by atoms with Crippen LogP contribution in [0, 0.1) is 11.4 Å². The Labute approximate surface area is 54.8 Å². The third-order valence-corrected chi connectivity index (χ3v) is 0.991. The van der Waals surface area contributed by atoms with Gasteiger partial charge >= 0.3 is 0 Å². The summed E-state index contributed by atoms with van der Waals surface area (Å²) in [5.74, 6) is 1.03. The standard InChI is InChI=1S/C6H10OS/c1-3-7-5-6-8-4-2/h3-4H2,1-2H3. The van der Waals surface area contributed by atoms with Gasteiger partial charge in [-0.05, 0) is 6.92 Å². The summed E-state index contributed by atoms with van der Waals surface area (Å²) in [6.45, 7) is 4.66. The molecule has 0 spiro atoms. The summed E-state index contributed by atoms with van der Waals surface area (Å²) in [4.78, 5) is 0. The van der Waals surface area contributed by atoms with E-state index in [9.17, 15) is 0 Å². The van der Waals surface area contributed by atoms with E-state index in [1.807, 2.05) is 6.92 Å². The van der Waals surface area contributed by atoms with Crippen LogP contribution in [0.4, 0.5) is 0 Å². The first kappa shape index (κ1) is 7.71. The minimum Gasteiger partial charge on any atom is -0.446 e. The first-order valence-corrected chi connectivity index (χ1v) is 3.64. The number of hydrogen-bond donors (Lipinski definition) is 0. The summed E-state index contributed by atoms with van der Waals surface area (Å²) in [7, 11) is 0. The Balaban J connectivity index is 2.95. The van der Waals surface area contributed by atoms with Crippen molar-refractivity contribution < 1.29 is 4.74 Å². The van der Waals surface area contributed by atoms with Gasteiger partial charge in [0.05, 0.1) is 6.61 Å². The van der Waals surface area contributed by atoms with Crippen molar-refractivity contribution in [2.45, 2.75) is 13.8 Å². The van der Waals surface area contributed by atoms with Crippen LogP contribution in [0.3, 0.4) is 0 Å². The van der Waals surface area contributed by atoms with Gasteiger partial charge in [0.2, 0.25) is 0 Å². The fraction of sp³-hybridized carbons (Fsp3) is 0.667. The van der Waals surface area contributed by atoms with E-state index in [2.05, 4.69) is 18.3 Å². The first-order valence-electron chi connectivity index (χ1n) is 2.65. The van der Waals surface area contributed by atoms with Crippen LogP contribution in [0.15, 0.2) is 0 Å². The SMILES string of the molecule is CCOC#CSCC. The summed E-state index contributed by atoms with van der Waals surface area (Å²) in [6, 6.07) is 0. The molecule has 8 heavy (non-hydrogen) atoms. The fourth-order valence-electron chi connectivity index (χ4n) is 0.203. The Hall–Kier alpha value is -0.290. The van der Waals surface area contributed by atoms with E-state index in [4.69, 9.17) is 4.74 Å². The lowest BCUT2D eigenvalue weighted by Gasteiger charge is -1.83. The maximum absolute atomic E-state index is 4.75. The van der Waals surface area contributed by atoms with Gasteiger partial charge in [-0.15, -0.1) is 0 Å². The van der Waals surface area contributed by atoms with Gasteiger partial charge in [-0.2, -0.15) is 0 Å². The van der Waals surface area contributed by atoms with Crippen LogP contribution in [-0.2, 0) is 4.74 Å². The molecule has 0 aromatic heterocycles. The summed E-state index contributed by atoms with van der Waals surface area (Å²) >= 11 is 1.56. The molecule has 2 heteroatoms. The second-order valence-corrected chi connectivity index (χ2v) is 2.14. The molecular formula is C6H10OS. The molecule has 0 N–H and O–H groups in total. The number of rotatable bonds is 2. The molecular weight excluding hydrogens is 120 g/mol. The molecule has 0 unspecified atom stereocenters. The second kappa shape index (κ2) is 6.71. The van der Waals surface area contributed by atoms with Crippen molar-refractivity contribution in [3.63, 3.8) is 0 Å². The molecule has 0 aliphatic heterocycles. The zero-order valence-electron chi connectivity index (χ0n) is 5.23. The Kier molecular flexibility index (Phi) is 6.47. The minimum absolute atomic E-state index is 0.678. The zero-order chi connectivity index (χ0) is 6.24. The van der Waals surface area contributed by atoms with E-state index < -0.39 is 0 Å². The van der Waals surface area contributed by atoms with Crippen molar-refractivity contribution in [3.8, 4) is 11.4 Å². The molecule has 0 aliphatic carbocycles. The van der Waals surface area contributed by atoms with Crippen LogP contribution in [0.1, 0.15) is 13.8 Å². The Morgan fingerprint density at radius 2 is 2.25 bits per heavy atom. The van der Waals surface area contributed by atoms with Gasteiger partial charge in [0.25, 0.3) is 0 Å². The molecule has 0 saturated heterocycles. The molecule has 0 aromatic carbocycles. The largest absolute Gasteiger partial charge is 0.446 e. The number of ether oxygens (including phenoxy) is 1. The zero-order valence-corrected chi connectivity index (χ0v) is 6.05. The van der Waals surface area contributed by atoms with Gasteiger partial charge in [-0.3, -0.25) is 0 Å². The molecule has 0 heterocycles. The first-order chi connectivity index (χ1) is 3.91. The van der Waals surface area contributed by atoms with E-state index in [0.29, 0.717) is 6.61 Å². The predicted octanol–water partition coefficient (Wildman–Crippen LogP) is 1.69. The van der Waals surface area contributed by atoms with Crippen molar-refractivity contribution in [3.05, 3.63) is 0 Å². The molecule has 0 radical (unpaired) electrons. The van der Waals surface area contributed by atoms with Gasteiger partial charge in [-0.1, -0.05) is 18.7 Å². The highest BCUT2D eigenvalue weighted by atomic mass is 32.2. The molecule has 0 bridgehead atoms. The van der Waals surface area contributed by atoms with E-state index in [0.717, 1.165) is 5.75 Å². The van der Waals surface area contributed by atoms with Gasteiger partial charge < -0.3 is 4.74 Å². The lowest BCUT2D eigenvalue weighted by Crippen LogP contribution is -1.75. The Morgan fingerprint density at radius 3 is 2.75 bits per heavy atom. The van der Waals surface area contributed by atoms with Crippen molar-refractivity contribution in [2.75, 3.05) is 12.4 Å². The highest BCUT2D eigenvalue weighted by molar-refractivity contribution is 8.03. The minimum atomic E-state index is 0.678. The molecule has 0 amide bonds. The second-order valence-electron chi connectivity index (χ2n) is 1.07. The van der Waals surface area contributed by atoms with Crippen LogP contribution in [0.25, 0.3) is 0 Å². The molecule has 1 nitrogen and oxygen atoms in total. The van der Waals surface area contributed by atoms with Crippen LogP contribution in [0.2, 0.25) is 0 Å². The van der Waals surface area contributed by atoms with Crippen molar-refractivity contribution in [1.82, 2.24) is 0 Å². The molecule has 0 saturated carbocycles. The summed E-state index contributed by atoms with van der Waals surface area (Å²) in [5.41, 5.74) is 0. The van der Waals surface area contributed by atoms with Gasteiger partial charge in [0.15, 0.2) is 0 Å². The molecule has 46 valence electrons. The molecule has 0 aliphatic rings. The van der Waals surface area contributed by atoms with Crippen LogP contribution in [-0.4, -0.2) is 12.4 Å². The summed E-state index contributed by atoms with van der Waals surface area (Å²) < 4.78 is 4.75. The Morgan fingerprint density at radius 1 is 1.50 bits per heavy atom. The van der Waals surface area contributed by atoms with Crippen LogP contribution < -0.4 is 0 Å². The molecule has 0 fully saturated rings. The van der Waals surface area contributed by atoms with E-state index in [1.54, 1.807) is 11.8 Å². The number of hydrogen-bond acceptors (Lipinski definition) is 2. The quantitative estimate of drug-likeness (QED) is 0.526. The molecule has 0 rings (SSSR count). The van der Waals surface area contributed by atoms with E-state index in [-0.39, 0.29) is 0 Å². The summed E-state index contributed by atoms with van der Waals surface area (Å²) in [5, 5.41) is 2.78. The highest BCUT2D eigenvalue weighted by Crippen LogP contribution is 1.91. The average Bonchev–Trinajstić information content (AvgIpc) is 1.81. The van der Waals surface area contributed by atoms with Crippen molar-refractivity contribution in [2.24, 2.45) is 0 Å². The van der Waals surface area contributed by atoms with Gasteiger partial charge in [0, 0.05) is 11.0 Å². The highest BCUT2D eigenvalue weighted by Gasteiger charge is 1.69.